The van der Waals surface area contributed by atoms with E-state index >= 15 is 0 Å². The number of anilines is 1. The summed E-state index contributed by atoms with van der Waals surface area (Å²) in [5.41, 5.74) is -0.431. The molecule has 0 aliphatic carbocycles. The number of aromatic nitrogens is 2. The fraction of sp³-hybridized carbons (Fsp3) is 0.0625. The SMILES string of the molecule is O=S(=O)(Nc1ccc(-n2ccc(C(F)(F)F)n2)cc1)c1ccccc1Cl. The summed E-state index contributed by atoms with van der Waals surface area (Å²) in [4.78, 5) is -0.0763. The van der Waals surface area contributed by atoms with Gasteiger partial charge in [-0.2, -0.15) is 18.3 Å². The van der Waals surface area contributed by atoms with E-state index in [0.717, 1.165) is 10.7 Å². The van der Waals surface area contributed by atoms with Gasteiger partial charge in [-0.05, 0) is 42.5 Å². The minimum Gasteiger partial charge on any atom is -0.280 e. The van der Waals surface area contributed by atoms with Gasteiger partial charge in [0.2, 0.25) is 0 Å². The number of nitrogens with zero attached hydrogens (tertiary/aromatic N) is 2. The Morgan fingerprint density at radius 1 is 1.00 bits per heavy atom. The second-order valence-electron chi connectivity index (χ2n) is 5.23. The summed E-state index contributed by atoms with van der Waals surface area (Å²) in [6.45, 7) is 0. The van der Waals surface area contributed by atoms with Crippen molar-refractivity contribution in [3.05, 3.63) is 71.5 Å². The molecule has 26 heavy (non-hydrogen) atoms. The Balaban J connectivity index is 1.82. The fourth-order valence-electron chi connectivity index (χ4n) is 2.17. The standard InChI is InChI=1S/C16H11ClF3N3O2S/c17-13-3-1-2-4-14(13)26(24,25)22-11-5-7-12(8-6-11)23-10-9-15(21-23)16(18,19)20/h1-10,22H. The maximum Gasteiger partial charge on any atom is 0.435 e. The van der Waals surface area contributed by atoms with E-state index in [-0.39, 0.29) is 15.6 Å². The van der Waals surface area contributed by atoms with Crippen LogP contribution in [-0.2, 0) is 16.2 Å². The number of halogens is 4. The molecule has 1 heterocycles. The first-order valence-electron chi connectivity index (χ1n) is 7.17. The maximum absolute atomic E-state index is 12.6. The highest BCUT2D eigenvalue weighted by Crippen LogP contribution is 2.28. The van der Waals surface area contributed by atoms with Crippen LogP contribution in [0.25, 0.3) is 5.69 Å². The van der Waals surface area contributed by atoms with E-state index < -0.39 is 21.9 Å². The van der Waals surface area contributed by atoms with Gasteiger partial charge in [-0.25, -0.2) is 13.1 Å². The highest BCUT2D eigenvalue weighted by Gasteiger charge is 2.33. The number of hydrogen-bond acceptors (Lipinski definition) is 3. The Hall–Kier alpha value is -2.52. The molecule has 1 aromatic heterocycles. The topological polar surface area (TPSA) is 64.0 Å². The molecule has 0 fully saturated rings. The zero-order valence-electron chi connectivity index (χ0n) is 12.9. The Morgan fingerprint density at radius 3 is 2.23 bits per heavy atom. The minimum absolute atomic E-state index is 0.0763. The van der Waals surface area contributed by atoms with Gasteiger partial charge in [-0.3, -0.25) is 4.72 Å². The molecule has 2 aromatic carbocycles. The van der Waals surface area contributed by atoms with Gasteiger partial charge >= 0.3 is 6.18 Å². The molecule has 0 atom stereocenters. The van der Waals surface area contributed by atoms with Gasteiger partial charge in [0.05, 0.1) is 10.7 Å². The Kier molecular flexibility index (Phi) is 4.68. The van der Waals surface area contributed by atoms with Crippen molar-refractivity contribution < 1.29 is 21.6 Å². The van der Waals surface area contributed by atoms with Crippen molar-refractivity contribution in [2.75, 3.05) is 4.72 Å². The molecule has 0 aliphatic rings. The third-order valence-corrected chi connectivity index (χ3v) is 5.27. The van der Waals surface area contributed by atoms with Crippen LogP contribution < -0.4 is 4.72 Å². The molecule has 0 amide bonds. The van der Waals surface area contributed by atoms with E-state index in [1.807, 2.05) is 0 Å². The molecule has 136 valence electrons. The monoisotopic (exact) mass is 401 g/mol. The summed E-state index contributed by atoms with van der Waals surface area (Å²) >= 11 is 5.90. The smallest absolute Gasteiger partial charge is 0.280 e. The van der Waals surface area contributed by atoms with Crippen molar-refractivity contribution in [1.82, 2.24) is 9.78 Å². The number of alkyl halides is 3. The van der Waals surface area contributed by atoms with Crippen LogP contribution in [0.2, 0.25) is 5.02 Å². The van der Waals surface area contributed by atoms with Crippen LogP contribution in [0.3, 0.4) is 0 Å². The molecule has 0 saturated carbocycles. The Morgan fingerprint density at radius 2 is 1.65 bits per heavy atom. The first kappa shape index (κ1) is 18.3. The van der Waals surface area contributed by atoms with E-state index in [1.165, 1.54) is 42.6 Å². The molecule has 0 bridgehead atoms. The molecular formula is C16H11ClF3N3O2S. The summed E-state index contributed by atoms with van der Waals surface area (Å²) in [6.07, 6.45) is -3.36. The van der Waals surface area contributed by atoms with Crippen LogP contribution in [0.5, 0.6) is 0 Å². The maximum atomic E-state index is 12.6. The molecule has 0 unspecified atom stereocenters. The van der Waals surface area contributed by atoms with E-state index in [1.54, 1.807) is 12.1 Å². The van der Waals surface area contributed by atoms with Crippen molar-refractivity contribution in [3.63, 3.8) is 0 Å². The Labute approximate surface area is 152 Å². The molecule has 0 saturated heterocycles. The fourth-order valence-corrected chi connectivity index (χ4v) is 3.75. The number of rotatable bonds is 4. The average molecular weight is 402 g/mol. The van der Waals surface area contributed by atoms with Gasteiger partial charge in [0.1, 0.15) is 4.90 Å². The van der Waals surface area contributed by atoms with Crippen molar-refractivity contribution >= 4 is 27.3 Å². The third-order valence-electron chi connectivity index (χ3n) is 3.39. The third kappa shape index (κ3) is 3.83. The van der Waals surface area contributed by atoms with Gasteiger partial charge < -0.3 is 0 Å². The average Bonchev–Trinajstić information content (AvgIpc) is 3.06. The number of hydrogen-bond donors (Lipinski definition) is 1. The summed E-state index contributed by atoms with van der Waals surface area (Å²) in [6, 6.07) is 12.5. The first-order chi connectivity index (χ1) is 12.2. The predicted molar refractivity (Wildman–Crippen MR) is 90.8 cm³/mol. The minimum atomic E-state index is -4.53. The molecule has 1 N–H and O–H groups in total. The lowest BCUT2D eigenvalue weighted by molar-refractivity contribution is -0.141. The van der Waals surface area contributed by atoms with Gasteiger partial charge in [-0.15, -0.1) is 0 Å². The van der Waals surface area contributed by atoms with Crippen molar-refractivity contribution in [2.24, 2.45) is 0 Å². The molecule has 5 nitrogen and oxygen atoms in total. The van der Waals surface area contributed by atoms with Gasteiger partial charge in [0.25, 0.3) is 10.0 Å². The quantitative estimate of drug-likeness (QED) is 0.707. The lowest BCUT2D eigenvalue weighted by atomic mass is 10.3. The van der Waals surface area contributed by atoms with E-state index in [0.29, 0.717) is 5.69 Å². The molecule has 0 spiro atoms. The van der Waals surface area contributed by atoms with Crippen LogP contribution in [0.15, 0.2) is 65.7 Å². The molecule has 3 rings (SSSR count). The van der Waals surface area contributed by atoms with E-state index in [4.69, 9.17) is 11.6 Å². The zero-order chi connectivity index (χ0) is 18.9. The first-order valence-corrected chi connectivity index (χ1v) is 9.03. The van der Waals surface area contributed by atoms with Crippen LogP contribution in [0.1, 0.15) is 5.69 Å². The summed E-state index contributed by atoms with van der Waals surface area (Å²) in [5.74, 6) is 0. The lowest BCUT2D eigenvalue weighted by Crippen LogP contribution is -2.13. The molecule has 0 aliphatic heterocycles. The van der Waals surface area contributed by atoms with Gasteiger partial charge in [0, 0.05) is 11.9 Å². The van der Waals surface area contributed by atoms with Crippen LogP contribution >= 0.6 is 11.6 Å². The van der Waals surface area contributed by atoms with E-state index in [2.05, 4.69) is 9.82 Å². The predicted octanol–water partition coefficient (Wildman–Crippen LogP) is 4.35. The number of sulfonamides is 1. The van der Waals surface area contributed by atoms with Gasteiger partial charge in [0.15, 0.2) is 5.69 Å². The molecule has 10 heteroatoms. The van der Waals surface area contributed by atoms with Crippen LogP contribution in [-0.4, -0.2) is 18.2 Å². The Bertz CT molecular complexity index is 1030. The van der Waals surface area contributed by atoms with E-state index in [9.17, 15) is 21.6 Å². The molecule has 0 radical (unpaired) electrons. The van der Waals surface area contributed by atoms with Crippen molar-refractivity contribution in [2.45, 2.75) is 11.1 Å². The summed E-state index contributed by atoms with van der Waals surface area (Å²) in [5, 5.41) is 3.53. The largest absolute Gasteiger partial charge is 0.435 e. The number of benzene rings is 2. The summed E-state index contributed by atoms with van der Waals surface area (Å²) in [7, 11) is -3.89. The number of nitrogens with one attached hydrogen (secondary N) is 1. The molecule has 3 aromatic rings. The summed E-state index contributed by atoms with van der Waals surface area (Å²) < 4.78 is 65.9. The van der Waals surface area contributed by atoms with Gasteiger partial charge in [-0.1, -0.05) is 23.7 Å². The second kappa shape index (κ2) is 6.65. The zero-order valence-corrected chi connectivity index (χ0v) is 14.5. The molecular weight excluding hydrogens is 391 g/mol. The normalized spacial score (nSPS) is 12.2. The van der Waals surface area contributed by atoms with Crippen molar-refractivity contribution in [3.8, 4) is 5.69 Å². The second-order valence-corrected chi connectivity index (χ2v) is 7.28. The van der Waals surface area contributed by atoms with Crippen LogP contribution in [0, 0.1) is 0 Å². The van der Waals surface area contributed by atoms with Crippen LogP contribution in [0.4, 0.5) is 18.9 Å². The highest BCUT2D eigenvalue weighted by molar-refractivity contribution is 7.92. The highest BCUT2D eigenvalue weighted by atomic mass is 35.5. The van der Waals surface area contributed by atoms with Crippen molar-refractivity contribution in [1.29, 1.82) is 0 Å². The lowest BCUT2D eigenvalue weighted by Gasteiger charge is -2.10.